The lowest BCUT2D eigenvalue weighted by atomic mass is 10.2. The zero-order valence-electron chi connectivity index (χ0n) is 17.5. The van der Waals surface area contributed by atoms with Crippen molar-refractivity contribution >= 4 is 28.7 Å². The minimum Gasteiger partial charge on any atom is -0.486 e. The van der Waals surface area contributed by atoms with Gasteiger partial charge in [-0.25, -0.2) is 18.7 Å². The fourth-order valence-electron chi connectivity index (χ4n) is 3.37. The summed E-state index contributed by atoms with van der Waals surface area (Å²) in [6.07, 6.45) is 3.54. The quantitative estimate of drug-likeness (QED) is 0.313. The first-order valence-electron chi connectivity index (χ1n) is 10.2. The first-order chi connectivity index (χ1) is 16.6. The van der Waals surface area contributed by atoms with Crippen molar-refractivity contribution in [1.82, 2.24) is 15.0 Å². The molecule has 0 radical (unpaired) electrons. The summed E-state index contributed by atoms with van der Waals surface area (Å²) in [7, 11) is 0. The molecule has 0 saturated carbocycles. The number of hydrogen-bond donors (Lipinski definition) is 1. The van der Waals surface area contributed by atoms with Crippen molar-refractivity contribution < 1.29 is 22.7 Å². The van der Waals surface area contributed by atoms with Crippen molar-refractivity contribution in [3.63, 3.8) is 0 Å². The molecule has 34 heavy (non-hydrogen) atoms. The van der Waals surface area contributed by atoms with Crippen molar-refractivity contribution in [2.75, 3.05) is 5.32 Å². The fourth-order valence-corrected chi connectivity index (χ4v) is 3.37. The second kappa shape index (κ2) is 9.07. The molecule has 0 saturated heterocycles. The summed E-state index contributed by atoms with van der Waals surface area (Å²) >= 11 is 0. The number of anilines is 2. The van der Waals surface area contributed by atoms with Crippen molar-refractivity contribution in [3.05, 3.63) is 96.1 Å². The van der Waals surface area contributed by atoms with Crippen LogP contribution in [-0.2, 0) is 6.61 Å². The molecule has 3 aromatic heterocycles. The molecule has 0 unspecified atom stereocenters. The number of nitrogens with one attached hydrogen (secondary N) is 1. The molecule has 0 bridgehead atoms. The van der Waals surface area contributed by atoms with Crippen LogP contribution in [0.2, 0.25) is 0 Å². The number of aromatic nitrogens is 3. The van der Waals surface area contributed by atoms with E-state index in [0.29, 0.717) is 45.7 Å². The number of nitrogens with zero attached hydrogens (tertiary/aromatic N) is 3. The fraction of sp³-hybridized carbons (Fsp3) is 0.0400. The van der Waals surface area contributed by atoms with E-state index in [1.54, 1.807) is 42.6 Å². The number of halogens is 2. The second-order valence-electron chi connectivity index (χ2n) is 7.32. The molecule has 0 aliphatic heterocycles. The van der Waals surface area contributed by atoms with Crippen molar-refractivity contribution in [2.24, 2.45) is 0 Å². The number of aldehydes is 1. The number of ether oxygens (including phenoxy) is 1. The topological polar surface area (TPSA) is 90.1 Å². The molecule has 168 valence electrons. The Kier molecular flexibility index (Phi) is 5.65. The van der Waals surface area contributed by atoms with Crippen LogP contribution in [0.25, 0.3) is 22.4 Å². The van der Waals surface area contributed by atoms with Crippen molar-refractivity contribution in [1.29, 1.82) is 0 Å². The van der Waals surface area contributed by atoms with Crippen LogP contribution in [-0.4, -0.2) is 21.2 Å². The van der Waals surface area contributed by atoms with Gasteiger partial charge in [-0.05, 0) is 48.0 Å². The van der Waals surface area contributed by atoms with Crippen LogP contribution in [0.4, 0.5) is 20.3 Å². The Bertz CT molecular complexity index is 1500. The average molecular weight is 458 g/mol. The van der Waals surface area contributed by atoms with E-state index < -0.39 is 5.82 Å². The Morgan fingerprint density at radius 3 is 2.71 bits per heavy atom. The normalized spacial score (nSPS) is 10.9. The van der Waals surface area contributed by atoms with Gasteiger partial charge in [-0.1, -0.05) is 12.1 Å². The molecule has 3 heterocycles. The summed E-state index contributed by atoms with van der Waals surface area (Å²) in [5.74, 6) is 0.118. The van der Waals surface area contributed by atoms with E-state index in [4.69, 9.17) is 9.15 Å². The van der Waals surface area contributed by atoms with Crippen LogP contribution < -0.4 is 10.1 Å². The van der Waals surface area contributed by atoms with E-state index in [1.165, 1.54) is 30.6 Å². The molecule has 0 atom stereocenters. The van der Waals surface area contributed by atoms with E-state index in [-0.39, 0.29) is 23.9 Å². The van der Waals surface area contributed by atoms with Gasteiger partial charge in [0.15, 0.2) is 29.4 Å². The van der Waals surface area contributed by atoms with Crippen LogP contribution in [0.15, 0.2) is 77.6 Å². The number of rotatable bonds is 7. The Hall–Kier alpha value is -4.66. The molecular weight excluding hydrogens is 442 g/mol. The molecule has 0 aliphatic rings. The van der Waals surface area contributed by atoms with Crippen LogP contribution in [0.1, 0.15) is 16.1 Å². The number of benzene rings is 2. The Morgan fingerprint density at radius 1 is 1.00 bits per heavy atom. The lowest BCUT2D eigenvalue weighted by molar-refractivity contribution is 0.110. The molecule has 2 aromatic carbocycles. The predicted molar refractivity (Wildman–Crippen MR) is 121 cm³/mol. The van der Waals surface area contributed by atoms with Gasteiger partial charge in [-0.3, -0.25) is 9.78 Å². The van der Waals surface area contributed by atoms with E-state index in [0.717, 1.165) is 0 Å². The molecule has 5 rings (SSSR count). The summed E-state index contributed by atoms with van der Waals surface area (Å²) in [4.78, 5) is 23.7. The van der Waals surface area contributed by atoms with Gasteiger partial charge in [0.05, 0.1) is 11.7 Å². The SMILES string of the molecule is O=Cc1ccc(-c2cc3c(Nc4ccc(OCc5cccc(F)c5)c(F)c4)ncnc3cn2)o1. The predicted octanol–water partition coefficient (Wildman–Crippen LogP) is 5.70. The molecule has 0 fully saturated rings. The summed E-state index contributed by atoms with van der Waals surface area (Å²) < 4.78 is 38.9. The lowest BCUT2D eigenvalue weighted by Gasteiger charge is -2.11. The number of carbonyl (C=O) groups is 1. The molecule has 0 aliphatic carbocycles. The van der Waals surface area contributed by atoms with Crippen LogP contribution in [0.5, 0.6) is 5.75 Å². The number of carbonyl (C=O) groups excluding carboxylic acids is 1. The lowest BCUT2D eigenvalue weighted by Crippen LogP contribution is -2.00. The number of hydrogen-bond acceptors (Lipinski definition) is 7. The van der Waals surface area contributed by atoms with Gasteiger partial charge in [-0.2, -0.15) is 0 Å². The van der Waals surface area contributed by atoms with Gasteiger partial charge < -0.3 is 14.5 Å². The highest BCUT2D eigenvalue weighted by atomic mass is 19.1. The summed E-state index contributed by atoms with van der Waals surface area (Å²) in [5.41, 5.74) is 2.09. The van der Waals surface area contributed by atoms with E-state index in [9.17, 15) is 13.6 Å². The van der Waals surface area contributed by atoms with Gasteiger partial charge in [-0.15, -0.1) is 0 Å². The molecule has 5 aromatic rings. The molecule has 7 nitrogen and oxygen atoms in total. The maximum Gasteiger partial charge on any atom is 0.185 e. The van der Waals surface area contributed by atoms with Gasteiger partial charge >= 0.3 is 0 Å². The van der Waals surface area contributed by atoms with E-state index >= 15 is 0 Å². The zero-order valence-corrected chi connectivity index (χ0v) is 17.5. The molecule has 0 spiro atoms. The monoisotopic (exact) mass is 458 g/mol. The second-order valence-corrected chi connectivity index (χ2v) is 7.32. The third kappa shape index (κ3) is 4.44. The summed E-state index contributed by atoms with van der Waals surface area (Å²) in [6, 6.07) is 15.2. The Balaban J connectivity index is 1.38. The van der Waals surface area contributed by atoms with Crippen LogP contribution in [0.3, 0.4) is 0 Å². The van der Waals surface area contributed by atoms with Gasteiger partial charge in [0.1, 0.15) is 30.3 Å². The highest BCUT2D eigenvalue weighted by Crippen LogP contribution is 2.29. The highest BCUT2D eigenvalue weighted by molar-refractivity contribution is 5.92. The van der Waals surface area contributed by atoms with E-state index in [2.05, 4.69) is 20.3 Å². The van der Waals surface area contributed by atoms with Gasteiger partial charge in [0.25, 0.3) is 0 Å². The first-order valence-corrected chi connectivity index (χ1v) is 10.2. The van der Waals surface area contributed by atoms with Gasteiger partial charge in [0.2, 0.25) is 0 Å². The molecule has 0 amide bonds. The minimum atomic E-state index is -0.584. The average Bonchev–Trinajstić information content (AvgIpc) is 3.33. The van der Waals surface area contributed by atoms with Gasteiger partial charge in [0, 0.05) is 17.1 Å². The largest absolute Gasteiger partial charge is 0.486 e. The third-order valence-corrected chi connectivity index (χ3v) is 5.00. The maximum absolute atomic E-state index is 14.6. The Morgan fingerprint density at radius 2 is 1.91 bits per heavy atom. The van der Waals surface area contributed by atoms with Crippen molar-refractivity contribution in [3.8, 4) is 17.2 Å². The first kappa shape index (κ1) is 21.2. The number of furan rings is 1. The number of pyridine rings is 1. The zero-order chi connectivity index (χ0) is 23.5. The summed E-state index contributed by atoms with van der Waals surface area (Å²) in [6.45, 7) is 0.0341. The van der Waals surface area contributed by atoms with Crippen LogP contribution in [0, 0.1) is 11.6 Å². The van der Waals surface area contributed by atoms with E-state index in [1.807, 2.05) is 0 Å². The van der Waals surface area contributed by atoms with Crippen LogP contribution >= 0.6 is 0 Å². The molecule has 1 N–H and O–H groups in total. The summed E-state index contributed by atoms with van der Waals surface area (Å²) in [5, 5.41) is 3.71. The van der Waals surface area contributed by atoms with Crippen molar-refractivity contribution in [2.45, 2.75) is 6.61 Å². The Labute approximate surface area is 192 Å². The molecular formula is C25H16F2N4O3. The molecule has 9 heteroatoms. The highest BCUT2D eigenvalue weighted by Gasteiger charge is 2.12. The minimum absolute atomic E-state index is 0.0341. The number of fused-ring (bicyclic) bond motifs is 1. The third-order valence-electron chi connectivity index (χ3n) is 5.00. The smallest absolute Gasteiger partial charge is 0.185 e. The maximum atomic E-state index is 14.6. The standard InChI is InChI=1S/C25H16F2N4O3/c26-16-3-1-2-15(8-16)13-33-23-6-4-17(9-20(23)27)31-25-19-10-21(24-7-5-18(12-32)34-24)28-11-22(19)29-14-30-25/h1-12,14H,13H2,(H,29,30,31).